The van der Waals surface area contributed by atoms with Crippen molar-refractivity contribution in [3.05, 3.63) is 42.6 Å². The first-order valence-corrected chi connectivity index (χ1v) is 6.21. The van der Waals surface area contributed by atoms with Gasteiger partial charge >= 0.3 is 5.97 Å². The van der Waals surface area contributed by atoms with Gasteiger partial charge < -0.3 is 14.4 Å². The number of allylic oxidation sites excluding steroid dienone is 1. The fourth-order valence-corrected chi connectivity index (χ4v) is 1.95. The quantitative estimate of drug-likeness (QED) is 0.839. The monoisotopic (exact) mass is 259 g/mol. The molecule has 0 atom stereocenters. The third kappa shape index (κ3) is 3.37. The second kappa shape index (κ2) is 5.61. The summed E-state index contributed by atoms with van der Waals surface area (Å²) in [6.07, 6.45) is 4.87. The number of aromatic nitrogens is 1. The number of carboxylic acids is 1. The van der Waals surface area contributed by atoms with Crippen LogP contribution in [0.4, 0.5) is 0 Å². The van der Waals surface area contributed by atoms with Gasteiger partial charge in [0, 0.05) is 29.7 Å². The predicted molar refractivity (Wildman–Crippen MR) is 74.5 cm³/mol. The average Bonchev–Trinajstić information content (AvgIpc) is 2.70. The van der Waals surface area contributed by atoms with Crippen LogP contribution in [0.25, 0.3) is 10.9 Å². The zero-order valence-corrected chi connectivity index (χ0v) is 11.0. The number of hydrogen-bond acceptors (Lipinski definition) is 2. The summed E-state index contributed by atoms with van der Waals surface area (Å²) in [6, 6.07) is 7.91. The van der Waals surface area contributed by atoms with Gasteiger partial charge in [0.25, 0.3) is 0 Å². The highest BCUT2D eigenvalue weighted by Crippen LogP contribution is 2.22. The third-order valence-corrected chi connectivity index (χ3v) is 2.68. The molecule has 0 saturated carbocycles. The summed E-state index contributed by atoms with van der Waals surface area (Å²) in [4.78, 5) is 10.4. The number of benzene rings is 1. The van der Waals surface area contributed by atoms with Crippen LogP contribution in [-0.4, -0.2) is 21.7 Å². The van der Waals surface area contributed by atoms with Gasteiger partial charge in [0.15, 0.2) is 0 Å². The van der Waals surface area contributed by atoms with Crippen LogP contribution in [-0.2, 0) is 11.3 Å². The van der Waals surface area contributed by atoms with Gasteiger partial charge in [-0.05, 0) is 38.1 Å². The normalized spacial score (nSPS) is 11.5. The molecule has 2 rings (SSSR count). The molecule has 1 heterocycles. The molecule has 1 aromatic heterocycles. The Morgan fingerprint density at radius 3 is 2.89 bits per heavy atom. The highest BCUT2D eigenvalue weighted by Gasteiger charge is 2.03. The molecule has 0 fully saturated rings. The van der Waals surface area contributed by atoms with E-state index in [4.69, 9.17) is 9.84 Å². The van der Waals surface area contributed by atoms with E-state index in [-0.39, 0.29) is 6.10 Å². The molecule has 0 aliphatic carbocycles. The van der Waals surface area contributed by atoms with Crippen LogP contribution >= 0.6 is 0 Å². The van der Waals surface area contributed by atoms with Gasteiger partial charge in [-0.25, -0.2) is 4.79 Å². The fourth-order valence-electron chi connectivity index (χ4n) is 1.95. The van der Waals surface area contributed by atoms with Gasteiger partial charge in [0.1, 0.15) is 5.75 Å². The Balaban J connectivity index is 2.21. The van der Waals surface area contributed by atoms with E-state index in [1.807, 2.05) is 48.9 Å². The molecule has 0 amide bonds. The molecular formula is C15H17NO3. The van der Waals surface area contributed by atoms with Crippen LogP contribution < -0.4 is 4.74 Å². The molecule has 0 aliphatic rings. The number of carbonyl (C=O) groups is 1. The molecule has 0 aliphatic heterocycles. The summed E-state index contributed by atoms with van der Waals surface area (Å²) in [5.41, 5.74) is 1.06. The van der Waals surface area contributed by atoms with E-state index in [9.17, 15) is 4.79 Å². The second-order valence-electron chi connectivity index (χ2n) is 4.60. The number of ether oxygens (including phenoxy) is 1. The Bertz CT molecular complexity index is 611. The van der Waals surface area contributed by atoms with Gasteiger partial charge in [-0.3, -0.25) is 0 Å². The van der Waals surface area contributed by atoms with E-state index in [1.165, 1.54) is 0 Å². The van der Waals surface area contributed by atoms with E-state index in [0.29, 0.717) is 6.54 Å². The van der Waals surface area contributed by atoms with Gasteiger partial charge in [0.05, 0.1) is 6.10 Å². The highest BCUT2D eigenvalue weighted by atomic mass is 16.5. The first kappa shape index (κ1) is 13.2. The topological polar surface area (TPSA) is 51.5 Å². The Hall–Kier alpha value is -2.23. The molecule has 100 valence electrons. The highest BCUT2D eigenvalue weighted by molar-refractivity contribution is 5.82. The molecule has 1 N–H and O–H groups in total. The molecule has 0 spiro atoms. The van der Waals surface area contributed by atoms with Crippen LogP contribution in [0.1, 0.15) is 13.8 Å². The maximum atomic E-state index is 10.4. The molecule has 0 unspecified atom stereocenters. The lowest BCUT2D eigenvalue weighted by molar-refractivity contribution is -0.131. The number of hydrogen-bond donors (Lipinski definition) is 1. The standard InChI is InChI=1S/C15H17NO3/c1-11(2)19-13-5-6-14-12(10-13)7-9-16(14)8-3-4-15(17)18/h3-7,9-11H,8H2,1-2H3,(H,17,18)/b4-3+. The van der Waals surface area contributed by atoms with Crippen LogP contribution in [0.5, 0.6) is 5.75 Å². The average molecular weight is 259 g/mol. The van der Waals surface area contributed by atoms with Crippen LogP contribution in [0.15, 0.2) is 42.6 Å². The van der Waals surface area contributed by atoms with Crippen molar-refractivity contribution < 1.29 is 14.6 Å². The van der Waals surface area contributed by atoms with Gasteiger partial charge in [-0.2, -0.15) is 0 Å². The van der Waals surface area contributed by atoms with Gasteiger partial charge in [0.2, 0.25) is 0 Å². The zero-order valence-electron chi connectivity index (χ0n) is 11.0. The number of rotatable bonds is 5. The van der Waals surface area contributed by atoms with Crippen molar-refractivity contribution in [3.63, 3.8) is 0 Å². The summed E-state index contributed by atoms with van der Waals surface area (Å²) >= 11 is 0. The number of nitrogens with zero attached hydrogens (tertiary/aromatic N) is 1. The van der Waals surface area contributed by atoms with Crippen molar-refractivity contribution >= 4 is 16.9 Å². The molecule has 0 radical (unpaired) electrons. The zero-order chi connectivity index (χ0) is 13.8. The Morgan fingerprint density at radius 1 is 1.42 bits per heavy atom. The smallest absolute Gasteiger partial charge is 0.328 e. The van der Waals surface area contributed by atoms with E-state index in [2.05, 4.69) is 0 Å². The molecule has 0 saturated heterocycles. The second-order valence-corrected chi connectivity index (χ2v) is 4.60. The molecule has 2 aromatic rings. The minimum Gasteiger partial charge on any atom is -0.491 e. The largest absolute Gasteiger partial charge is 0.491 e. The molecule has 19 heavy (non-hydrogen) atoms. The van der Waals surface area contributed by atoms with Crippen molar-refractivity contribution in [1.82, 2.24) is 4.57 Å². The summed E-state index contributed by atoms with van der Waals surface area (Å²) < 4.78 is 7.64. The maximum absolute atomic E-state index is 10.4. The van der Waals surface area contributed by atoms with Crippen molar-refractivity contribution in [1.29, 1.82) is 0 Å². The Kier molecular flexibility index (Phi) is 3.90. The minimum atomic E-state index is -0.927. The molecule has 0 bridgehead atoms. The number of aliphatic carboxylic acids is 1. The van der Waals surface area contributed by atoms with E-state index >= 15 is 0 Å². The summed E-state index contributed by atoms with van der Waals surface area (Å²) in [5.74, 6) is -0.0783. The lowest BCUT2D eigenvalue weighted by Crippen LogP contribution is -2.05. The van der Waals surface area contributed by atoms with E-state index < -0.39 is 5.97 Å². The molecule has 4 heteroatoms. The van der Waals surface area contributed by atoms with Crippen molar-refractivity contribution in [2.75, 3.05) is 0 Å². The van der Waals surface area contributed by atoms with Crippen LogP contribution in [0.2, 0.25) is 0 Å². The molecule has 1 aromatic carbocycles. The third-order valence-electron chi connectivity index (χ3n) is 2.68. The van der Waals surface area contributed by atoms with Crippen molar-refractivity contribution in [3.8, 4) is 5.75 Å². The summed E-state index contributed by atoms with van der Waals surface area (Å²) in [5, 5.41) is 9.65. The lowest BCUT2D eigenvalue weighted by Gasteiger charge is -2.09. The number of carboxylic acid groups (broad SMARTS) is 1. The summed E-state index contributed by atoms with van der Waals surface area (Å²) in [6.45, 7) is 4.53. The predicted octanol–water partition coefficient (Wildman–Crippen LogP) is 3.07. The Morgan fingerprint density at radius 2 is 2.21 bits per heavy atom. The Labute approximate surface area is 111 Å². The first-order valence-electron chi connectivity index (χ1n) is 6.21. The fraction of sp³-hybridized carbons (Fsp3) is 0.267. The van der Waals surface area contributed by atoms with E-state index in [1.54, 1.807) is 6.08 Å². The molecular weight excluding hydrogens is 242 g/mol. The SMILES string of the molecule is CC(C)Oc1ccc2c(ccn2C/C=C/C(=O)O)c1. The van der Waals surface area contributed by atoms with E-state index in [0.717, 1.165) is 22.7 Å². The van der Waals surface area contributed by atoms with Crippen LogP contribution in [0, 0.1) is 0 Å². The summed E-state index contributed by atoms with van der Waals surface area (Å²) in [7, 11) is 0. The first-order chi connectivity index (χ1) is 9.06. The number of fused-ring (bicyclic) bond motifs is 1. The van der Waals surface area contributed by atoms with Crippen molar-refractivity contribution in [2.45, 2.75) is 26.5 Å². The van der Waals surface area contributed by atoms with Gasteiger partial charge in [-0.1, -0.05) is 6.08 Å². The van der Waals surface area contributed by atoms with Crippen molar-refractivity contribution in [2.24, 2.45) is 0 Å². The molecule has 4 nitrogen and oxygen atoms in total. The van der Waals surface area contributed by atoms with Gasteiger partial charge in [-0.15, -0.1) is 0 Å². The minimum absolute atomic E-state index is 0.151. The van der Waals surface area contributed by atoms with Crippen LogP contribution in [0.3, 0.4) is 0 Å². The maximum Gasteiger partial charge on any atom is 0.328 e. The lowest BCUT2D eigenvalue weighted by atomic mass is 10.2.